The molecule has 6 nitrogen and oxygen atoms in total. The lowest BCUT2D eigenvalue weighted by molar-refractivity contribution is 0.0603. The van der Waals surface area contributed by atoms with Crippen LogP contribution in [0.25, 0.3) is 33.3 Å². The molecular formula is C19H15N3O3. The molecule has 0 aliphatic heterocycles. The van der Waals surface area contributed by atoms with Gasteiger partial charge in [0, 0.05) is 23.2 Å². The highest BCUT2D eigenvalue weighted by atomic mass is 16.5. The van der Waals surface area contributed by atoms with Gasteiger partial charge in [-0.3, -0.25) is 4.98 Å². The minimum Gasteiger partial charge on any atom is -0.497 e. The second kappa shape index (κ2) is 5.90. The number of pyridine rings is 1. The molecule has 2 aromatic carbocycles. The van der Waals surface area contributed by atoms with Gasteiger partial charge in [0.2, 0.25) is 0 Å². The predicted octanol–water partition coefficient (Wildman–Crippen LogP) is 3.57. The Kier molecular flexibility index (Phi) is 3.57. The number of H-pyrrole nitrogens is 1. The van der Waals surface area contributed by atoms with Crippen molar-refractivity contribution in [1.29, 1.82) is 0 Å². The van der Waals surface area contributed by atoms with Crippen LogP contribution in [0, 0.1) is 0 Å². The topological polar surface area (TPSA) is 77.1 Å². The summed E-state index contributed by atoms with van der Waals surface area (Å²) in [5.41, 5.74) is 3.49. The van der Waals surface area contributed by atoms with Gasteiger partial charge in [-0.1, -0.05) is 6.07 Å². The fourth-order valence-electron chi connectivity index (χ4n) is 2.85. The van der Waals surface area contributed by atoms with Crippen LogP contribution in [0.5, 0.6) is 5.75 Å². The first-order valence-corrected chi connectivity index (χ1v) is 7.71. The van der Waals surface area contributed by atoms with Gasteiger partial charge in [-0.05, 0) is 30.3 Å². The molecule has 0 unspecified atom stereocenters. The van der Waals surface area contributed by atoms with Gasteiger partial charge in [0.1, 0.15) is 11.6 Å². The maximum absolute atomic E-state index is 12.2. The molecule has 2 heterocycles. The van der Waals surface area contributed by atoms with Crippen LogP contribution in [0.4, 0.5) is 0 Å². The van der Waals surface area contributed by atoms with E-state index in [1.54, 1.807) is 19.4 Å². The summed E-state index contributed by atoms with van der Waals surface area (Å²) in [5, 5.41) is 0.846. The summed E-state index contributed by atoms with van der Waals surface area (Å²) in [6.45, 7) is 0. The van der Waals surface area contributed by atoms with Gasteiger partial charge < -0.3 is 14.5 Å². The van der Waals surface area contributed by atoms with Crippen LogP contribution in [0.2, 0.25) is 0 Å². The quantitative estimate of drug-likeness (QED) is 0.580. The SMILES string of the molecule is COC(=O)c1cc(-c2nc3ccc(OC)cc3[nH]2)cc2cccnc12. The van der Waals surface area contributed by atoms with Crippen LogP contribution in [-0.2, 0) is 4.74 Å². The van der Waals surface area contributed by atoms with Crippen molar-refractivity contribution in [3.8, 4) is 17.1 Å². The number of methoxy groups -OCH3 is 2. The molecule has 0 fully saturated rings. The maximum atomic E-state index is 12.2. The van der Waals surface area contributed by atoms with Crippen molar-refractivity contribution in [3.63, 3.8) is 0 Å². The van der Waals surface area contributed by atoms with Gasteiger partial charge in [-0.25, -0.2) is 9.78 Å². The van der Waals surface area contributed by atoms with Crippen molar-refractivity contribution < 1.29 is 14.3 Å². The average Bonchev–Trinajstić information content (AvgIpc) is 3.09. The van der Waals surface area contributed by atoms with Gasteiger partial charge in [-0.2, -0.15) is 0 Å². The zero-order chi connectivity index (χ0) is 17.4. The molecule has 0 saturated carbocycles. The van der Waals surface area contributed by atoms with Crippen molar-refractivity contribution >= 4 is 27.9 Å². The van der Waals surface area contributed by atoms with E-state index in [2.05, 4.69) is 15.0 Å². The Morgan fingerprint density at radius 3 is 2.80 bits per heavy atom. The van der Waals surface area contributed by atoms with Gasteiger partial charge in [-0.15, -0.1) is 0 Å². The molecule has 4 rings (SSSR count). The maximum Gasteiger partial charge on any atom is 0.340 e. The number of carbonyl (C=O) groups is 1. The Hall–Kier alpha value is -3.41. The van der Waals surface area contributed by atoms with Gasteiger partial charge in [0.05, 0.1) is 36.3 Å². The van der Waals surface area contributed by atoms with E-state index in [4.69, 9.17) is 9.47 Å². The van der Waals surface area contributed by atoms with Gasteiger partial charge in [0.15, 0.2) is 0 Å². The molecule has 1 N–H and O–H groups in total. The predicted molar refractivity (Wildman–Crippen MR) is 94.7 cm³/mol. The number of benzene rings is 2. The number of hydrogen-bond acceptors (Lipinski definition) is 5. The third-order valence-corrected chi connectivity index (χ3v) is 4.07. The molecule has 0 amide bonds. The third-order valence-electron chi connectivity index (χ3n) is 4.07. The van der Waals surface area contributed by atoms with E-state index < -0.39 is 5.97 Å². The molecule has 0 aliphatic rings. The smallest absolute Gasteiger partial charge is 0.340 e. The van der Waals surface area contributed by atoms with Crippen LogP contribution in [0.1, 0.15) is 10.4 Å². The largest absolute Gasteiger partial charge is 0.497 e. The first-order valence-electron chi connectivity index (χ1n) is 7.71. The highest BCUT2D eigenvalue weighted by molar-refractivity contribution is 6.04. The number of fused-ring (bicyclic) bond motifs is 2. The van der Waals surface area contributed by atoms with Gasteiger partial charge in [0.25, 0.3) is 0 Å². The van der Waals surface area contributed by atoms with E-state index in [-0.39, 0.29) is 0 Å². The molecule has 0 aliphatic carbocycles. The normalized spacial score (nSPS) is 11.0. The van der Waals surface area contributed by atoms with Crippen molar-refractivity contribution in [2.24, 2.45) is 0 Å². The summed E-state index contributed by atoms with van der Waals surface area (Å²) in [6.07, 6.45) is 1.65. The number of carbonyl (C=O) groups excluding carboxylic acids is 1. The molecule has 25 heavy (non-hydrogen) atoms. The van der Waals surface area contributed by atoms with E-state index in [1.807, 2.05) is 36.4 Å². The monoisotopic (exact) mass is 333 g/mol. The van der Waals surface area contributed by atoms with Crippen molar-refractivity contribution in [2.45, 2.75) is 0 Å². The number of aromatic nitrogens is 3. The minimum atomic E-state index is -0.427. The number of nitrogens with zero attached hydrogens (tertiary/aromatic N) is 2. The Morgan fingerprint density at radius 1 is 1.12 bits per heavy atom. The third kappa shape index (κ3) is 2.57. The van der Waals surface area contributed by atoms with Crippen molar-refractivity contribution in [3.05, 3.63) is 54.2 Å². The lowest BCUT2D eigenvalue weighted by Crippen LogP contribution is -2.03. The second-order valence-corrected chi connectivity index (χ2v) is 5.56. The van der Waals surface area contributed by atoms with Crippen LogP contribution < -0.4 is 4.74 Å². The summed E-state index contributed by atoms with van der Waals surface area (Å²) in [6, 6.07) is 13.1. The number of imidazole rings is 1. The van der Waals surface area contributed by atoms with E-state index in [0.717, 1.165) is 27.7 Å². The average molecular weight is 333 g/mol. The molecule has 6 heteroatoms. The molecule has 2 aromatic heterocycles. The van der Waals surface area contributed by atoms with E-state index >= 15 is 0 Å². The van der Waals surface area contributed by atoms with E-state index in [0.29, 0.717) is 16.9 Å². The Bertz CT molecular complexity index is 1100. The standard InChI is InChI=1S/C19H15N3O3/c1-24-13-5-6-15-16(10-13)22-18(21-15)12-8-11-4-3-7-20-17(11)14(9-12)19(23)25-2/h3-10H,1-2H3,(H,21,22). The lowest BCUT2D eigenvalue weighted by Gasteiger charge is -2.06. The molecular weight excluding hydrogens is 318 g/mol. The molecule has 4 aromatic rings. The summed E-state index contributed by atoms with van der Waals surface area (Å²) in [4.78, 5) is 24.3. The first kappa shape index (κ1) is 15.1. The highest BCUT2D eigenvalue weighted by Crippen LogP contribution is 2.28. The molecule has 0 bridgehead atoms. The fourth-order valence-corrected chi connectivity index (χ4v) is 2.85. The highest BCUT2D eigenvalue weighted by Gasteiger charge is 2.15. The lowest BCUT2D eigenvalue weighted by atomic mass is 10.0. The number of ether oxygens (including phenoxy) is 2. The van der Waals surface area contributed by atoms with Crippen molar-refractivity contribution in [1.82, 2.24) is 15.0 Å². The molecule has 124 valence electrons. The molecule has 0 atom stereocenters. The summed E-state index contributed by atoms with van der Waals surface area (Å²) >= 11 is 0. The second-order valence-electron chi connectivity index (χ2n) is 5.56. The Morgan fingerprint density at radius 2 is 2.00 bits per heavy atom. The Balaban J connectivity index is 1.93. The summed E-state index contributed by atoms with van der Waals surface area (Å²) < 4.78 is 10.1. The zero-order valence-corrected chi connectivity index (χ0v) is 13.7. The van der Waals surface area contributed by atoms with Crippen LogP contribution in [0.3, 0.4) is 0 Å². The molecule has 0 saturated heterocycles. The molecule has 0 radical (unpaired) electrons. The number of nitrogens with one attached hydrogen (secondary N) is 1. The van der Waals surface area contributed by atoms with Crippen LogP contribution in [0.15, 0.2) is 48.7 Å². The zero-order valence-electron chi connectivity index (χ0n) is 13.7. The number of esters is 1. The molecule has 0 spiro atoms. The number of hydrogen-bond donors (Lipinski definition) is 1. The summed E-state index contributed by atoms with van der Waals surface area (Å²) in [5.74, 6) is 0.989. The van der Waals surface area contributed by atoms with Crippen LogP contribution >= 0.6 is 0 Å². The van der Waals surface area contributed by atoms with E-state index in [9.17, 15) is 4.79 Å². The Labute approximate surface area is 143 Å². The van der Waals surface area contributed by atoms with Crippen molar-refractivity contribution in [2.75, 3.05) is 14.2 Å². The first-order chi connectivity index (χ1) is 12.2. The minimum absolute atomic E-state index is 0.411. The van der Waals surface area contributed by atoms with Crippen LogP contribution in [-0.4, -0.2) is 35.1 Å². The van der Waals surface area contributed by atoms with Gasteiger partial charge >= 0.3 is 5.97 Å². The fraction of sp³-hybridized carbons (Fsp3) is 0.105. The summed E-state index contributed by atoms with van der Waals surface area (Å²) in [7, 11) is 2.98. The number of aromatic amines is 1. The number of rotatable bonds is 3. The van der Waals surface area contributed by atoms with E-state index in [1.165, 1.54) is 7.11 Å².